The van der Waals surface area contributed by atoms with Crippen LogP contribution in [0.1, 0.15) is 13.3 Å². The van der Waals surface area contributed by atoms with Crippen LogP contribution in [-0.2, 0) is 4.74 Å². The van der Waals surface area contributed by atoms with Crippen molar-refractivity contribution in [2.24, 2.45) is 5.92 Å². The summed E-state index contributed by atoms with van der Waals surface area (Å²) in [5.74, 6) is 1.05. The maximum atomic E-state index is 11.1. The molecule has 1 aliphatic heterocycles. The number of nitrogens with two attached hydrogens (primary N) is 1. The third kappa shape index (κ3) is 2.76. The van der Waals surface area contributed by atoms with Gasteiger partial charge in [-0.3, -0.25) is 10.1 Å². The molecule has 2 N–H and O–H groups in total. The first-order valence-corrected chi connectivity index (χ1v) is 6.21. The zero-order valence-electron chi connectivity index (χ0n) is 11.1. The summed E-state index contributed by atoms with van der Waals surface area (Å²) in [4.78, 5) is 16.6. The Labute approximate surface area is 111 Å². The molecule has 7 nitrogen and oxygen atoms in total. The third-order valence-corrected chi connectivity index (χ3v) is 3.56. The third-order valence-electron chi connectivity index (χ3n) is 3.56. The zero-order chi connectivity index (χ0) is 14.0. The van der Waals surface area contributed by atoms with Crippen LogP contribution in [0, 0.1) is 16.0 Å². The molecular weight excluding hydrogens is 248 g/mol. The van der Waals surface area contributed by atoms with Gasteiger partial charge in [-0.1, -0.05) is 6.92 Å². The van der Waals surface area contributed by atoms with E-state index in [1.165, 1.54) is 12.1 Å². The van der Waals surface area contributed by atoms with Crippen LogP contribution >= 0.6 is 0 Å². The fourth-order valence-electron chi connectivity index (χ4n) is 2.36. The molecule has 2 unspecified atom stereocenters. The van der Waals surface area contributed by atoms with Gasteiger partial charge in [0.15, 0.2) is 0 Å². The lowest BCUT2D eigenvalue weighted by molar-refractivity contribution is -0.384. The van der Waals surface area contributed by atoms with Crippen LogP contribution in [0.2, 0.25) is 0 Å². The van der Waals surface area contributed by atoms with Gasteiger partial charge in [-0.15, -0.1) is 0 Å². The number of anilines is 2. The number of aromatic nitrogens is 1. The van der Waals surface area contributed by atoms with Gasteiger partial charge in [0.25, 0.3) is 0 Å². The van der Waals surface area contributed by atoms with E-state index in [0.717, 1.165) is 13.0 Å². The smallest absolute Gasteiger partial charge is 0.311 e. The fourth-order valence-corrected chi connectivity index (χ4v) is 2.36. The van der Waals surface area contributed by atoms with Crippen molar-refractivity contribution in [1.29, 1.82) is 0 Å². The Kier molecular flexibility index (Phi) is 3.84. The van der Waals surface area contributed by atoms with E-state index in [9.17, 15) is 10.1 Å². The molecule has 2 rings (SSSR count). The first-order valence-electron chi connectivity index (χ1n) is 6.21. The molecule has 0 amide bonds. The summed E-state index contributed by atoms with van der Waals surface area (Å²) in [6.45, 7) is 3.43. The standard InChI is InChI=1S/C12H18N4O3/c1-8-5-6-15(7-10(8)19-2)12-9(16(17)18)3-4-11(13)14-12/h3-4,8,10H,5-7H2,1-2H3,(H2,13,14). The number of hydrogen-bond acceptors (Lipinski definition) is 6. The highest BCUT2D eigenvalue weighted by atomic mass is 16.6. The van der Waals surface area contributed by atoms with Crippen LogP contribution in [0.5, 0.6) is 0 Å². The van der Waals surface area contributed by atoms with Crippen LogP contribution in [-0.4, -0.2) is 36.2 Å². The maximum Gasteiger partial charge on any atom is 0.311 e. The fraction of sp³-hybridized carbons (Fsp3) is 0.583. The minimum Gasteiger partial charge on any atom is -0.384 e. The van der Waals surface area contributed by atoms with E-state index in [1.807, 2.05) is 4.90 Å². The number of pyridine rings is 1. The quantitative estimate of drug-likeness (QED) is 0.657. The number of nitrogen functional groups attached to an aromatic ring is 1. The van der Waals surface area contributed by atoms with E-state index in [4.69, 9.17) is 10.5 Å². The number of ether oxygens (including phenoxy) is 1. The molecule has 0 saturated carbocycles. The minimum absolute atomic E-state index is 0.0152. The average Bonchev–Trinajstić information content (AvgIpc) is 2.38. The van der Waals surface area contributed by atoms with Crippen molar-refractivity contribution in [2.75, 3.05) is 30.8 Å². The Hall–Kier alpha value is -1.89. The van der Waals surface area contributed by atoms with Crippen LogP contribution < -0.4 is 10.6 Å². The van der Waals surface area contributed by atoms with E-state index in [2.05, 4.69) is 11.9 Å². The summed E-state index contributed by atoms with van der Waals surface area (Å²) < 4.78 is 5.42. The van der Waals surface area contributed by atoms with E-state index in [1.54, 1.807) is 7.11 Å². The Bertz CT molecular complexity index is 480. The van der Waals surface area contributed by atoms with Gasteiger partial charge < -0.3 is 15.4 Å². The molecule has 1 aliphatic rings. The van der Waals surface area contributed by atoms with Gasteiger partial charge in [0.1, 0.15) is 5.82 Å². The lowest BCUT2D eigenvalue weighted by Crippen LogP contribution is -2.44. The van der Waals surface area contributed by atoms with Crippen LogP contribution in [0.25, 0.3) is 0 Å². The maximum absolute atomic E-state index is 11.1. The Morgan fingerprint density at radius 2 is 2.32 bits per heavy atom. The summed E-state index contributed by atoms with van der Waals surface area (Å²) in [6.07, 6.45) is 0.961. The second kappa shape index (κ2) is 5.40. The largest absolute Gasteiger partial charge is 0.384 e. The van der Waals surface area contributed by atoms with Gasteiger partial charge in [-0.2, -0.15) is 0 Å². The first kappa shape index (κ1) is 13.5. The van der Waals surface area contributed by atoms with Crippen molar-refractivity contribution in [2.45, 2.75) is 19.4 Å². The van der Waals surface area contributed by atoms with Crippen molar-refractivity contribution in [3.05, 3.63) is 22.2 Å². The highest BCUT2D eigenvalue weighted by molar-refractivity contribution is 5.61. The van der Waals surface area contributed by atoms with E-state index >= 15 is 0 Å². The predicted molar refractivity (Wildman–Crippen MR) is 72.1 cm³/mol. The highest BCUT2D eigenvalue weighted by Crippen LogP contribution is 2.31. The molecule has 7 heteroatoms. The minimum atomic E-state index is -0.429. The normalized spacial score (nSPS) is 23.4. The molecule has 2 heterocycles. The number of methoxy groups -OCH3 is 1. The van der Waals surface area contributed by atoms with Gasteiger partial charge in [0.05, 0.1) is 11.0 Å². The second-order valence-electron chi connectivity index (χ2n) is 4.82. The van der Waals surface area contributed by atoms with Crippen molar-refractivity contribution in [3.63, 3.8) is 0 Å². The van der Waals surface area contributed by atoms with Crippen molar-refractivity contribution in [1.82, 2.24) is 4.98 Å². The molecule has 1 aromatic rings. The number of hydrogen-bond donors (Lipinski definition) is 1. The molecule has 2 atom stereocenters. The molecule has 0 radical (unpaired) electrons. The number of nitro groups is 1. The van der Waals surface area contributed by atoms with Crippen LogP contribution in [0.3, 0.4) is 0 Å². The lowest BCUT2D eigenvalue weighted by Gasteiger charge is -2.36. The molecule has 0 aliphatic carbocycles. The molecule has 19 heavy (non-hydrogen) atoms. The summed E-state index contributed by atoms with van der Waals surface area (Å²) in [6, 6.07) is 2.85. The Morgan fingerprint density at radius 1 is 1.58 bits per heavy atom. The Balaban J connectivity index is 2.31. The predicted octanol–water partition coefficient (Wildman–Crippen LogP) is 1.43. The lowest BCUT2D eigenvalue weighted by atomic mass is 9.96. The van der Waals surface area contributed by atoms with Gasteiger partial charge >= 0.3 is 5.69 Å². The van der Waals surface area contributed by atoms with Gasteiger partial charge in [-0.05, 0) is 18.4 Å². The summed E-state index contributed by atoms with van der Waals surface area (Å²) in [5, 5.41) is 11.1. The van der Waals surface area contributed by atoms with E-state index in [0.29, 0.717) is 18.3 Å². The van der Waals surface area contributed by atoms with Crippen LogP contribution in [0.15, 0.2) is 12.1 Å². The number of nitrogens with zero attached hydrogens (tertiary/aromatic N) is 3. The Morgan fingerprint density at radius 3 is 2.95 bits per heavy atom. The van der Waals surface area contributed by atoms with Gasteiger partial charge in [-0.25, -0.2) is 4.98 Å². The van der Waals surface area contributed by atoms with Gasteiger partial charge in [0, 0.05) is 26.3 Å². The SMILES string of the molecule is COC1CN(c2nc(N)ccc2[N+](=O)[O-])CCC1C. The summed E-state index contributed by atoms with van der Waals surface area (Å²) >= 11 is 0. The van der Waals surface area contributed by atoms with Crippen molar-refractivity contribution >= 4 is 17.3 Å². The summed E-state index contributed by atoms with van der Waals surface area (Å²) in [5.41, 5.74) is 5.62. The molecule has 0 aromatic carbocycles. The van der Waals surface area contributed by atoms with Gasteiger partial charge in [0.2, 0.25) is 5.82 Å². The van der Waals surface area contributed by atoms with Crippen LogP contribution in [0.4, 0.5) is 17.3 Å². The monoisotopic (exact) mass is 266 g/mol. The van der Waals surface area contributed by atoms with E-state index < -0.39 is 4.92 Å². The second-order valence-corrected chi connectivity index (χ2v) is 4.82. The highest BCUT2D eigenvalue weighted by Gasteiger charge is 2.30. The molecule has 1 fully saturated rings. The molecule has 0 spiro atoms. The molecular formula is C12H18N4O3. The molecule has 1 aromatic heterocycles. The van der Waals surface area contributed by atoms with E-state index in [-0.39, 0.29) is 17.6 Å². The number of rotatable bonds is 3. The first-order chi connectivity index (χ1) is 9.02. The summed E-state index contributed by atoms with van der Waals surface area (Å²) in [7, 11) is 1.66. The van der Waals surface area contributed by atoms with Crippen molar-refractivity contribution < 1.29 is 9.66 Å². The van der Waals surface area contributed by atoms with Crippen molar-refractivity contribution in [3.8, 4) is 0 Å². The zero-order valence-corrected chi connectivity index (χ0v) is 11.1. The molecule has 104 valence electrons. The topological polar surface area (TPSA) is 94.5 Å². The molecule has 1 saturated heterocycles. The number of piperidine rings is 1. The average molecular weight is 266 g/mol. The molecule has 0 bridgehead atoms.